The van der Waals surface area contributed by atoms with E-state index in [-0.39, 0.29) is 0 Å². The number of thiophene rings is 1. The standard InChI is InChI=1S/C21H18S/c1-15-6-4-7-16(13-12-15)17-8-5-10-19-18-9-2-3-11-20(18)22-21(19)14-17/h2-13,16H,14H2,1H3. The lowest BCUT2D eigenvalue weighted by Crippen LogP contribution is -2.00. The van der Waals surface area contributed by atoms with Crippen LogP contribution in [-0.2, 0) is 6.42 Å². The maximum Gasteiger partial charge on any atom is 0.0352 e. The summed E-state index contributed by atoms with van der Waals surface area (Å²) in [6.45, 7) is 2.15. The minimum Gasteiger partial charge on any atom is -0.139 e. The van der Waals surface area contributed by atoms with Gasteiger partial charge in [-0.1, -0.05) is 78.0 Å². The summed E-state index contributed by atoms with van der Waals surface area (Å²) in [5, 5.41) is 1.39. The third-order valence-corrected chi connectivity index (χ3v) is 5.51. The maximum absolute atomic E-state index is 2.31. The molecule has 0 saturated heterocycles. The highest BCUT2D eigenvalue weighted by Crippen LogP contribution is 2.37. The number of hydrogen-bond donors (Lipinski definition) is 0. The molecular weight excluding hydrogens is 284 g/mol. The van der Waals surface area contributed by atoms with E-state index in [1.165, 1.54) is 31.7 Å². The van der Waals surface area contributed by atoms with Gasteiger partial charge in [0.15, 0.2) is 0 Å². The summed E-state index contributed by atoms with van der Waals surface area (Å²) >= 11 is 1.93. The van der Waals surface area contributed by atoms with E-state index in [2.05, 4.69) is 79.8 Å². The lowest BCUT2D eigenvalue weighted by Gasteiger charge is -2.11. The second-order valence-electron chi connectivity index (χ2n) is 5.89. The Morgan fingerprint density at radius 2 is 1.91 bits per heavy atom. The second kappa shape index (κ2) is 5.58. The first-order valence-corrected chi connectivity index (χ1v) is 8.54. The van der Waals surface area contributed by atoms with Crippen molar-refractivity contribution in [3.63, 3.8) is 0 Å². The molecule has 0 aliphatic heterocycles. The van der Waals surface area contributed by atoms with E-state index < -0.39 is 0 Å². The minimum absolute atomic E-state index is 0.398. The fourth-order valence-corrected chi connectivity index (χ4v) is 4.35. The molecule has 22 heavy (non-hydrogen) atoms. The molecule has 2 aliphatic carbocycles. The van der Waals surface area contributed by atoms with Crippen molar-refractivity contribution in [2.45, 2.75) is 13.3 Å². The van der Waals surface area contributed by atoms with Crippen LogP contribution in [0.5, 0.6) is 0 Å². The first kappa shape index (κ1) is 13.5. The summed E-state index contributed by atoms with van der Waals surface area (Å²) in [6, 6.07) is 8.72. The van der Waals surface area contributed by atoms with Gasteiger partial charge in [-0.25, -0.2) is 0 Å². The largest absolute Gasteiger partial charge is 0.139 e. The molecule has 0 bridgehead atoms. The average molecular weight is 302 g/mol. The quantitative estimate of drug-likeness (QED) is 0.598. The molecule has 1 heterocycles. The Morgan fingerprint density at radius 3 is 2.86 bits per heavy atom. The van der Waals surface area contributed by atoms with Crippen LogP contribution in [0.2, 0.25) is 0 Å². The molecule has 2 aliphatic rings. The molecule has 0 nitrogen and oxygen atoms in total. The Labute approximate surface area is 135 Å². The average Bonchev–Trinajstić information content (AvgIpc) is 2.69. The van der Waals surface area contributed by atoms with E-state index in [0.29, 0.717) is 5.92 Å². The zero-order valence-electron chi connectivity index (χ0n) is 12.6. The van der Waals surface area contributed by atoms with Crippen molar-refractivity contribution in [1.82, 2.24) is 0 Å². The van der Waals surface area contributed by atoms with E-state index in [1.807, 2.05) is 11.3 Å². The van der Waals surface area contributed by atoms with Gasteiger partial charge in [0.05, 0.1) is 0 Å². The first-order valence-electron chi connectivity index (χ1n) is 7.72. The molecule has 0 N–H and O–H groups in total. The topological polar surface area (TPSA) is 0 Å². The molecule has 1 unspecified atom stereocenters. The van der Waals surface area contributed by atoms with Crippen molar-refractivity contribution >= 4 is 27.5 Å². The van der Waals surface area contributed by atoms with Crippen molar-refractivity contribution in [3.05, 3.63) is 88.4 Å². The monoisotopic (exact) mass is 302 g/mol. The second-order valence-corrected chi connectivity index (χ2v) is 7.03. The number of allylic oxidation sites excluding steroid dienone is 9. The van der Waals surface area contributed by atoms with Gasteiger partial charge in [0.2, 0.25) is 0 Å². The fraction of sp³-hybridized carbons (Fsp3) is 0.143. The highest BCUT2D eigenvalue weighted by molar-refractivity contribution is 7.19. The van der Waals surface area contributed by atoms with Crippen molar-refractivity contribution < 1.29 is 0 Å². The summed E-state index contributed by atoms with van der Waals surface area (Å²) in [7, 11) is 0. The van der Waals surface area contributed by atoms with Gasteiger partial charge in [-0.3, -0.25) is 0 Å². The van der Waals surface area contributed by atoms with Gasteiger partial charge in [-0.2, -0.15) is 0 Å². The third kappa shape index (κ3) is 2.42. The van der Waals surface area contributed by atoms with E-state index in [1.54, 1.807) is 0 Å². The summed E-state index contributed by atoms with van der Waals surface area (Å²) in [4.78, 5) is 1.48. The van der Waals surface area contributed by atoms with Crippen LogP contribution in [0.3, 0.4) is 0 Å². The number of hydrogen-bond acceptors (Lipinski definition) is 1. The van der Waals surface area contributed by atoms with Crippen LogP contribution in [0.25, 0.3) is 16.2 Å². The summed E-state index contributed by atoms with van der Waals surface area (Å²) in [5.74, 6) is 0.398. The lowest BCUT2D eigenvalue weighted by molar-refractivity contribution is 0.916. The Bertz CT molecular complexity index is 868. The Hall–Kier alpha value is -2.12. The Kier molecular flexibility index (Phi) is 3.44. The van der Waals surface area contributed by atoms with Crippen LogP contribution >= 0.6 is 11.3 Å². The molecule has 0 radical (unpaired) electrons. The van der Waals surface area contributed by atoms with Crippen LogP contribution in [-0.4, -0.2) is 0 Å². The maximum atomic E-state index is 2.31. The molecule has 1 atom stereocenters. The Morgan fingerprint density at radius 1 is 1.00 bits per heavy atom. The van der Waals surface area contributed by atoms with Gasteiger partial charge < -0.3 is 0 Å². The smallest absolute Gasteiger partial charge is 0.0352 e. The van der Waals surface area contributed by atoms with Crippen LogP contribution in [0.4, 0.5) is 0 Å². The van der Waals surface area contributed by atoms with E-state index in [4.69, 9.17) is 0 Å². The van der Waals surface area contributed by atoms with Crippen molar-refractivity contribution in [2.24, 2.45) is 5.92 Å². The number of rotatable bonds is 1. The van der Waals surface area contributed by atoms with Gasteiger partial charge in [0.25, 0.3) is 0 Å². The molecule has 0 saturated carbocycles. The predicted octanol–water partition coefficient (Wildman–Crippen LogP) is 6.09. The third-order valence-electron chi connectivity index (χ3n) is 4.32. The summed E-state index contributed by atoms with van der Waals surface area (Å²) < 4.78 is 1.39. The highest BCUT2D eigenvalue weighted by Gasteiger charge is 2.16. The van der Waals surface area contributed by atoms with Crippen molar-refractivity contribution in [2.75, 3.05) is 0 Å². The van der Waals surface area contributed by atoms with Crippen LogP contribution in [0.15, 0.2) is 77.9 Å². The highest BCUT2D eigenvalue weighted by atomic mass is 32.1. The van der Waals surface area contributed by atoms with Crippen LogP contribution in [0.1, 0.15) is 17.4 Å². The normalized spacial score (nSPS) is 20.3. The molecule has 4 rings (SSSR count). The summed E-state index contributed by atoms with van der Waals surface area (Å²) in [6.07, 6.45) is 19.0. The SMILES string of the molecule is CC1=CC=CC(C2=CC=Cc3c(sc4ccccc34)C2)C=C1. The fourth-order valence-electron chi connectivity index (χ4n) is 3.12. The molecular formula is C21H18S. The molecule has 1 heteroatoms. The van der Waals surface area contributed by atoms with E-state index in [0.717, 1.165) is 6.42 Å². The zero-order chi connectivity index (χ0) is 14.9. The molecule has 2 aromatic rings. The zero-order valence-corrected chi connectivity index (χ0v) is 13.4. The number of benzene rings is 1. The predicted molar refractivity (Wildman–Crippen MR) is 98.2 cm³/mol. The molecule has 1 aromatic heterocycles. The van der Waals surface area contributed by atoms with E-state index in [9.17, 15) is 0 Å². The molecule has 0 fully saturated rings. The minimum atomic E-state index is 0.398. The van der Waals surface area contributed by atoms with Crippen molar-refractivity contribution in [3.8, 4) is 0 Å². The van der Waals surface area contributed by atoms with Gasteiger partial charge in [0, 0.05) is 21.9 Å². The molecule has 0 spiro atoms. The Balaban J connectivity index is 1.72. The first-order chi connectivity index (χ1) is 10.8. The van der Waals surface area contributed by atoms with Gasteiger partial charge in [-0.05, 0) is 23.9 Å². The van der Waals surface area contributed by atoms with Gasteiger partial charge in [-0.15, -0.1) is 11.3 Å². The molecule has 0 amide bonds. The number of fused-ring (bicyclic) bond motifs is 3. The molecule has 1 aromatic carbocycles. The van der Waals surface area contributed by atoms with Crippen LogP contribution in [0, 0.1) is 5.92 Å². The van der Waals surface area contributed by atoms with Gasteiger partial charge >= 0.3 is 0 Å². The van der Waals surface area contributed by atoms with Crippen molar-refractivity contribution in [1.29, 1.82) is 0 Å². The van der Waals surface area contributed by atoms with E-state index >= 15 is 0 Å². The molecule has 108 valence electrons. The lowest BCUT2D eigenvalue weighted by atomic mass is 9.94. The van der Waals surface area contributed by atoms with Crippen LogP contribution < -0.4 is 0 Å². The van der Waals surface area contributed by atoms with Gasteiger partial charge in [0.1, 0.15) is 0 Å². The summed E-state index contributed by atoms with van der Waals surface area (Å²) in [5.41, 5.74) is 4.19.